The molecule has 0 radical (unpaired) electrons. The molecule has 0 saturated carbocycles. The summed E-state index contributed by atoms with van der Waals surface area (Å²) in [5, 5.41) is 5.29. The second kappa shape index (κ2) is 9.33. The molecule has 29 heavy (non-hydrogen) atoms. The maximum absolute atomic E-state index is 13.1. The Kier molecular flexibility index (Phi) is 6.82. The van der Waals surface area contributed by atoms with Crippen molar-refractivity contribution in [3.63, 3.8) is 0 Å². The first-order valence-electron chi connectivity index (χ1n) is 9.12. The highest BCUT2D eigenvalue weighted by Gasteiger charge is 2.12. The van der Waals surface area contributed by atoms with Crippen molar-refractivity contribution in [3.05, 3.63) is 67.6 Å². The van der Waals surface area contributed by atoms with Crippen molar-refractivity contribution >= 4 is 50.6 Å². The van der Waals surface area contributed by atoms with Gasteiger partial charge < -0.3 is 4.74 Å². The average molecular weight is 477 g/mol. The van der Waals surface area contributed by atoms with Crippen LogP contribution in [-0.2, 0) is 11.2 Å². The molecule has 0 aliphatic carbocycles. The highest BCUT2D eigenvalue weighted by Crippen LogP contribution is 2.22. The van der Waals surface area contributed by atoms with Crippen molar-refractivity contribution in [1.29, 1.82) is 0 Å². The predicted molar refractivity (Wildman–Crippen MR) is 118 cm³/mol. The smallest absolute Gasteiger partial charge is 0.308 e. The molecule has 1 aromatic heterocycles. The number of hydrogen-bond acceptors (Lipinski definition) is 5. The van der Waals surface area contributed by atoms with E-state index in [2.05, 4.69) is 32.9 Å². The Labute approximate surface area is 181 Å². The number of benzene rings is 2. The Balaban J connectivity index is 2.13. The van der Waals surface area contributed by atoms with E-state index in [4.69, 9.17) is 16.3 Å². The van der Waals surface area contributed by atoms with Gasteiger partial charge in [0.2, 0.25) is 0 Å². The zero-order chi connectivity index (χ0) is 21.0. The molecule has 3 aromatic rings. The van der Waals surface area contributed by atoms with Crippen LogP contribution in [0.15, 0.2) is 50.8 Å². The van der Waals surface area contributed by atoms with E-state index in [1.165, 1.54) is 17.8 Å². The average Bonchev–Trinajstić information content (AvgIpc) is 2.68. The van der Waals surface area contributed by atoms with Crippen LogP contribution in [-0.4, -0.2) is 21.8 Å². The zero-order valence-corrected chi connectivity index (χ0v) is 18.3. The third-order valence-electron chi connectivity index (χ3n) is 4.17. The van der Waals surface area contributed by atoms with Crippen molar-refractivity contribution in [1.82, 2.24) is 9.66 Å². The van der Waals surface area contributed by atoms with Crippen molar-refractivity contribution in [2.75, 3.05) is 0 Å². The Hall–Kier alpha value is -2.51. The molecule has 0 aliphatic rings. The number of rotatable bonds is 6. The van der Waals surface area contributed by atoms with Crippen molar-refractivity contribution in [2.45, 2.75) is 33.1 Å². The van der Waals surface area contributed by atoms with Gasteiger partial charge in [0.25, 0.3) is 5.56 Å². The van der Waals surface area contributed by atoms with E-state index in [1.807, 2.05) is 6.07 Å². The summed E-state index contributed by atoms with van der Waals surface area (Å²) in [6.45, 7) is 3.38. The first kappa shape index (κ1) is 21.2. The molecule has 0 aliphatic heterocycles. The minimum atomic E-state index is -0.458. The monoisotopic (exact) mass is 475 g/mol. The summed E-state index contributed by atoms with van der Waals surface area (Å²) in [6, 6.07) is 10.2. The van der Waals surface area contributed by atoms with E-state index < -0.39 is 5.97 Å². The largest absolute Gasteiger partial charge is 0.426 e. The second-order valence-corrected chi connectivity index (χ2v) is 7.78. The number of fused-ring (bicyclic) bond motifs is 1. The van der Waals surface area contributed by atoms with Gasteiger partial charge in [-0.05, 0) is 42.8 Å². The summed E-state index contributed by atoms with van der Waals surface area (Å²) in [5.41, 5.74) is 0.837. The fraction of sp³-hybridized carbons (Fsp3) is 0.238. The number of nitrogens with zero attached hydrogens (tertiary/aromatic N) is 3. The quantitative estimate of drug-likeness (QED) is 0.286. The van der Waals surface area contributed by atoms with Crippen LogP contribution >= 0.6 is 27.5 Å². The van der Waals surface area contributed by atoms with Gasteiger partial charge in [-0.25, -0.2) is 4.98 Å². The number of halogens is 2. The molecule has 3 rings (SSSR count). The van der Waals surface area contributed by atoms with Gasteiger partial charge in [0.1, 0.15) is 11.6 Å². The molecule has 0 unspecified atom stereocenters. The van der Waals surface area contributed by atoms with Crippen LogP contribution in [0, 0.1) is 0 Å². The van der Waals surface area contributed by atoms with Crippen LogP contribution in [0.4, 0.5) is 0 Å². The Morgan fingerprint density at radius 3 is 2.83 bits per heavy atom. The molecule has 0 fully saturated rings. The van der Waals surface area contributed by atoms with Gasteiger partial charge in [0.05, 0.1) is 17.1 Å². The maximum Gasteiger partial charge on any atom is 0.308 e. The summed E-state index contributed by atoms with van der Waals surface area (Å²) in [5.74, 6) is 0.421. The SMILES string of the molecule is CCCCc1nc2ccc(Br)cc2c(=O)n1N=Cc1cc(Cl)ccc1OC(C)=O. The van der Waals surface area contributed by atoms with Crippen LogP contribution in [0.2, 0.25) is 5.02 Å². The van der Waals surface area contributed by atoms with E-state index in [0.29, 0.717) is 39.5 Å². The van der Waals surface area contributed by atoms with Gasteiger partial charge in [-0.2, -0.15) is 9.78 Å². The molecule has 0 saturated heterocycles. The molecule has 6 nitrogen and oxygen atoms in total. The van der Waals surface area contributed by atoms with Gasteiger partial charge in [-0.1, -0.05) is 40.9 Å². The molecule has 0 amide bonds. The topological polar surface area (TPSA) is 73.6 Å². The lowest BCUT2D eigenvalue weighted by Crippen LogP contribution is -2.22. The third kappa shape index (κ3) is 5.10. The number of aromatic nitrogens is 2. The van der Waals surface area contributed by atoms with Gasteiger partial charge in [-0.3, -0.25) is 9.59 Å². The van der Waals surface area contributed by atoms with Gasteiger partial charge >= 0.3 is 5.97 Å². The van der Waals surface area contributed by atoms with E-state index in [9.17, 15) is 9.59 Å². The van der Waals surface area contributed by atoms with E-state index in [1.54, 1.807) is 30.3 Å². The minimum Gasteiger partial charge on any atom is -0.426 e. The molecule has 2 aromatic carbocycles. The summed E-state index contributed by atoms with van der Waals surface area (Å²) in [4.78, 5) is 29.1. The molecular formula is C21H19BrClN3O3. The molecule has 0 N–H and O–H groups in total. The van der Waals surface area contributed by atoms with Crippen molar-refractivity contribution < 1.29 is 9.53 Å². The number of esters is 1. The van der Waals surface area contributed by atoms with Crippen molar-refractivity contribution in [3.8, 4) is 5.75 Å². The number of carbonyl (C=O) groups excluding carboxylic acids is 1. The Bertz CT molecular complexity index is 1160. The Morgan fingerprint density at radius 2 is 2.10 bits per heavy atom. The number of hydrogen-bond donors (Lipinski definition) is 0. The first-order chi connectivity index (χ1) is 13.9. The molecule has 1 heterocycles. The van der Waals surface area contributed by atoms with Crippen LogP contribution in [0.1, 0.15) is 38.1 Å². The third-order valence-corrected chi connectivity index (χ3v) is 4.90. The lowest BCUT2D eigenvalue weighted by Gasteiger charge is -2.10. The summed E-state index contributed by atoms with van der Waals surface area (Å²) >= 11 is 9.46. The highest BCUT2D eigenvalue weighted by atomic mass is 79.9. The van der Waals surface area contributed by atoms with Crippen LogP contribution < -0.4 is 10.3 Å². The van der Waals surface area contributed by atoms with Gasteiger partial charge in [0.15, 0.2) is 0 Å². The van der Waals surface area contributed by atoms with E-state index >= 15 is 0 Å². The minimum absolute atomic E-state index is 0.269. The predicted octanol–water partition coefficient (Wildman–Crippen LogP) is 4.96. The molecule has 0 atom stereocenters. The molecule has 150 valence electrons. The highest BCUT2D eigenvalue weighted by molar-refractivity contribution is 9.10. The van der Waals surface area contributed by atoms with Crippen molar-refractivity contribution in [2.24, 2.45) is 5.10 Å². The molecule has 8 heteroatoms. The number of carbonyl (C=O) groups is 1. The summed E-state index contributed by atoms with van der Waals surface area (Å²) in [6.07, 6.45) is 3.90. The van der Waals surface area contributed by atoms with E-state index in [-0.39, 0.29) is 5.56 Å². The standard InChI is InChI=1S/C21H19BrClN3O3/c1-3-4-5-20-25-18-8-6-15(22)11-17(18)21(28)26(20)24-12-14-10-16(23)7-9-19(14)29-13(2)27/h6-12H,3-5H2,1-2H3. The summed E-state index contributed by atoms with van der Waals surface area (Å²) in [7, 11) is 0. The lowest BCUT2D eigenvalue weighted by molar-refractivity contribution is -0.131. The molecule has 0 spiro atoms. The Morgan fingerprint density at radius 1 is 1.31 bits per heavy atom. The number of unbranched alkanes of at least 4 members (excludes halogenated alkanes) is 1. The normalized spacial score (nSPS) is 11.3. The lowest BCUT2D eigenvalue weighted by atomic mass is 10.2. The van der Waals surface area contributed by atoms with Crippen LogP contribution in [0.3, 0.4) is 0 Å². The van der Waals surface area contributed by atoms with Crippen LogP contribution in [0.25, 0.3) is 10.9 Å². The fourth-order valence-corrected chi connectivity index (χ4v) is 3.34. The maximum atomic E-state index is 13.1. The second-order valence-electron chi connectivity index (χ2n) is 6.43. The number of ether oxygens (including phenoxy) is 1. The fourth-order valence-electron chi connectivity index (χ4n) is 2.80. The number of aryl methyl sites for hydroxylation is 1. The van der Waals surface area contributed by atoms with Gasteiger partial charge in [0, 0.05) is 28.4 Å². The van der Waals surface area contributed by atoms with Crippen LogP contribution in [0.5, 0.6) is 5.75 Å². The first-order valence-corrected chi connectivity index (χ1v) is 10.3. The molecular weight excluding hydrogens is 458 g/mol. The summed E-state index contributed by atoms with van der Waals surface area (Å²) < 4.78 is 7.28. The van der Waals surface area contributed by atoms with Gasteiger partial charge in [-0.15, -0.1) is 0 Å². The van der Waals surface area contributed by atoms with E-state index in [0.717, 1.165) is 17.3 Å². The zero-order valence-electron chi connectivity index (χ0n) is 16.0. The molecule has 0 bridgehead atoms.